The molecule has 92 valence electrons. The van der Waals surface area contributed by atoms with Crippen molar-refractivity contribution in [3.05, 3.63) is 41.8 Å². The SMILES string of the molecule is CCNc1ccc(-c2ccc(-c3cccs3)s2)s1. The van der Waals surface area contributed by atoms with Crippen molar-refractivity contribution in [1.82, 2.24) is 0 Å². The van der Waals surface area contributed by atoms with Crippen LogP contribution >= 0.6 is 34.0 Å². The average molecular weight is 291 g/mol. The Morgan fingerprint density at radius 3 is 2.33 bits per heavy atom. The zero-order valence-electron chi connectivity index (χ0n) is 9.97. The summed E-state index contributed by atoms with van der Waals surface area (Å²) in [6, 6.07) is 13.1. The Kier molecular flexibility index (Phi) is 3.50. The van der Waals surface area contributed by atoms with Gasteiger partial charge in [0.05, 0.1) is 5.00 Å². The molecule has 1 N–H and O–H groups in total. The predicted octanol–water partition coefficient (Wildman–Crippen LogP) is 5.64. The van der Waals surface area contributed by atoms with Crippen LogP contribution in [0.25, 0.3) is 19.5 Å². The molecule has 0 unspecified atom stereocenters. The van der Waals surface area contributed by atoms with Gasteiger partial charge >= 0.3 is 0 Å². The molecular formula is C14H13NS3. The van der Waals surface area contributed by atoms with Crippen LogP contribution in [-0.2, 0) is 0 Å². The van der Waals surface area contributed by atoms with E-state index >= 15 is 0 Å². The third-order valence-corrected chi connectivity index (χ3v) is 5.96. The summed E-state index contributed by atoms with van der Waals surface area (Å²) in [7, 11) is 0. The molecule has 4 heteroatoms. The summed E-state index contributed by atoms with van der Waals surface area (Å²) in [4.78, 5) is 5.42. The van der Waals surface area contributed by atoms with Gasteiger partial charge in [-0.2, -0.15) is 0 Å². The fourth-order valence-corrected chi connectivity index (χ4v) is 4.67. The van der Waals surface area contributed by atoms with Gasteiger partial charge in [-0.05, 0) is 42.6 Å². The van der Waals surface area contributed by atoms with E-state index in [0.29, 0.717) is 0 Å². The predicted molar refractivity (Wildman–Crippen MR) is 85.1 cm³/mol. The second-order valence-electron chi connectivity index (χ2n) is 3.84. The highest BCUT2D eigenvalue weighted by Gasteiger charge is 2.07. The van der Waals surface area contributed by atoms with E-state index in [-0.39, 0.29) is 0 Å². The summed E-state index contributed by atoms with van der Waals surface area (Å²) < 4.78 is 0. The minimum absolute atomic E-state index is 0.977. The molecule has 3 aromatic heterocycles. The van der Waals surface area contributed by atoms with Crippen LogP contribution in [0.1, 0.15) is 6.92 Å². The Bertz CT molecular complexity index is 619. The van der Waals surface area contributed by atoms with Gasteiger partial charge in [-0.1, -0.05) is 6.07 Å². The van der Waals surface area contributed by atoms with E-state index in [4.69, 9.17) is 0 Å². The van der Waals surface area contributed by atoms with Crippen LogP contribution in [0, 0.1) is 0 Å². The lowest BCUT2D eigenvalue weighted by molar-refractivity contribution is 1.23. The number of rotatable bonds is 4. The molecule has 18 heavy (non-hydrogen) atoms. The topological polar surface area (TPSA) is 12.0 Å². The van der Waals surface area contributed by atoms with Gasteiger partial charge in [0.1, 0.15) is 0 Å². The van der Waals surface area contributed by atoms with E-state index in [0.717, 1.165) is 6.54 Å². The van der Waals surface area contributed by atoms with E-state index in [1.807, 2.05) is 22.7 Å². The van der Waals surface area contributed by atoms with Crippen molar-refractivity contribution in [3.63, 3.8) is 0 Å². The van der Waals surface area contributed by atoms with E-state index in [2.05, 4.69) is 54.0 Å². The standard InChI is InChI=1S/C14H13NS3/c1-2-15-14-8-7-13(18-14)12-6-5-11(17-12)10-4-3-9-16-10/h3-9,15H,2H2,1H3. The molecule has 0 aliphatic carbocycles. The first-order chi connectivity index (χ1) is 8.86. The molecule has 0 amide bonds. The molecule has 0 bridgehead atoms. The van der Waals surface area contributed by atoms with Crippen LogP contribution in [0.3, 0.4) is 0 Å². The van der Waals surface area contributed by atoms with Crippen molar-refractivity contribution in [1.29, 1.82) is 0 Å². The fraction of sp³-hybridized carbons (Fsp3) is 0.143. The Balaban J connectivity index is 1.88. The summed E-state index contributed by atoms with van der Waals surface area (Å²) in [5, 5.41) is 6.73. The van der Waals surface area contributed by atoms with E-state index in [1.54, 1.807) is 11.3 Å². The lowest BCUT2D eigenvalue weighted by Gasteiger charge is -1.95. The summed E-state index contributed by atoms with van der Waals surface area (Å²) in [6.45, 7) is 3.10. The molecule has 0 atom stereocenters. The first-order valence-electron chi connectivity index (χ1n) is 5.84. The number of thiophene rings is 3. The highest BCUT2D eigenvalue weighted by molar-refractivity contribution is 7.27. The summed E-state index contributed by atoms with van der Waals surface area (Å²) in [5.74, 6) is 0. The van der Waals surface area contributed by atoms with E-state index in [1.165, 1.54) is 24.5 Å². The third-order valence-electron chi connectivity index (χ3n) is 2.57. The largest absolute Gasteiger partial charge is 0.377 e. The Labute approximate surface area is 119 Å². The maximum absolute atomic E-state index is 3.36. The molecule has 0 aromatic carbocycles. The monoisotopic (exact) mass is 291 g/mol. The van der Waals surface area contributed by atoms with Gasteiger partial charge in [-0.25, -0.2) is 0 Å². The molecule has 0 saturated heterocycles. The molecule has 0 radical (unpaired) electrons. The van der Waals surface area contributed by atoms with Crippen molar-refractivity contribution in [3.8, 4) is 19.5 Å². The Morgan fingerprint density at radius 2 is 1.61 bits per heavy atom. The van der Waals surface area contributed by atoms with Gasteiger partial charge in [0.2, 0.25) is 0 Å². The summed E-state index contributed by atoms with van der Waals surface area (Å²) >= 11 is 5.49. The van der Waals surface area contributed by atoms with Gasteiger partial charge in [0.15, 0.2) is 0 Å². The molecule has 1 nitrogen and oxygen atoms in total. The number of nitrogens with one attached hydrogen (secondary N) is 1. The summed E-state index contributed by atoms with van der Waals surface area (Å²) in [5.41, 5.74) is 0. The van der Waals surface area contributed by atoms with Gasteiger partial charge in [-0.3, -0.25) is 0 Å². The molecular weight excluding hydrogens is 278 g/mol. The number of anilines is 1. The number of hydrogen-bond donors (Lipinski definition) is 1. The van der Waals surface area contributed by atoms with Crippen LogP contribution < -0.4 is 5.32 Å². The smallest absolute Gasteiger partial charge is 0.0889 e. The van der Waals surface area contributed by atoms with Crippen LogP contribution in [0.2, 0.25) is 0 Å². The van der Waals surface area contributed by atoms with Gasteiger partial charge in [0, 0.05) is 26.1 Å². The van der Waals surface area contributed by atoms with Crippen molar-refractivity contribution in [2.45, 2.75) is 6.92 Å². The van der Waals surface area contributed by atoms with Crippen LogP contribution in [0.4, 0.5) is 5.00 Å². The minimum atomic E-state index is 0.977. The molecule has 0 fully saturated rings. The number of hydrogen-bond acceptors (Lipinski definition) is 4. The quantitative estimate of drug-likeness (QED) is 0.656. The zero-order valence-corrected chi connectivity index (χ0v) is 12.4. The molecule has 3 aromatic rings. The lowest BCUT2D eigenvalue weighted by Crippen LogP contribution is -1.91. The van der Waals surface area contributed by atoms with E-state index < -0.39 is 0 Å². The molecule has 0 spiro atoms. The zero-order chi connectivity index (χ0) is 12.4. The maximum atomic E-state index is 3.36. The third kappa shape index (κ3) is 2.36. The molecule has 3 heterocycles. The minimum Gasteiger partial charge on any atom is -0.377 e. The summed E-state index contributed by atoms with van der Waals surface area (Å²) in [6.07, 6.45) is 0. The Morgan fingerprint density at radius 1 is 0.889 bits per heavy atom. The first-order valence-corrected chi connectivity index (χ1v) is 8.36. The second kappa shape index (κ2) is 5.26. The molecule has 0 aliphatic heterocycles. The fourth-order valence-electron chi connectivity index (χ4n) is 1.76. The first kappa shape index (κ1) is 12.0. The van der Waals surface area contributed by atoms with Gasteiger partial charge < -0.3 is 5.32 Å². The van der Waals surface area contributed by atoms with Crippen molar-refractivity contribution < 1.29 is 0 Å². The van der Waals surface area contributed by atoms with Crippen LogP contribution in [0.5, 0.6) is 0 Å². The molecule has 3 rings (SSSR count). The average Bonchev–Trinajstić information content (AvgIpc) is 3.10. The van der Waals surface area contributed by atoms with Crippen molar-refractivity contribution in [2.75, 3.05) is 11.9 Å². The lowest BCUT2D eigenvalue weighted by atomic mass is 10.3. The highest BCUT2D eigenvalue weighted by atomic mass is 32.1. The second-order valence-corrected chi connectivity index (χ2v) is 6.95. The van der Waals surface area contributed by atoms with Gasteiger partial charge in [0.25, 0.3) is 0 Å². The van der Waals surface area contributed by atoms with Crippen LogP contribution in [0.15, 0.2) is 41.8 Å². The molecule has 0 saturated carbocycles. The Hall–Kier alpha value is -1.10. The van der Waals surface area contributed by atoms with Crippen LogP contribution in [-0.4, -0.2) is 6.54 Å². The normalized spacial score (nSPS) is 10.7. The highest BCUT2D eigenvalue weighted by Crippen LogP contribution is 2.40. The van der Waals surface area contributed by atoms with Gasteiger partial charge in [-0.15, -0.1) is 34.0 Å². The maximum Gasteiger partial charge on any atom is 0.0889 e. The van der Waals surface area contributed by atoms with Crippen molar-refractivity contribution in [2.24, 2.45) is 0 Å². The van der Waals surface area contributed by atoms with E-state index in [9.17, 15) is 0 Å². The van der Waals surface area contributed by atoms with Crippen molar-refractivity contribution >= 4 is 39.0 Å². The molecule has 0 aliphatic rings.